The van der Waals surface area contributed by atoms with E-state index in [0.29, 0.717) is 5.70 Å². The number of halogens is 1. The molecular weight excluding hydrogens is 174 g/mol. The molecule has 0 saturated heterocycles. The molecule has 0 heterocycles. The van der Waals surface area contributed by atoms with Crippen LogP contribution in [-0.2, 0) is 4.79 Å². The first kappa shape index (κ1) is 8.11. The van der Waals surface area contributed by atoms with Crippen LogP contribution in [0.4, 0.5) is 0 Å². The van der Waals surface area contributed by atoms with Crippen LogP contribution in [0, 0.1) is 5.41 Å². The first-order valence-electron chi connectivity index (χ1n) is 4.39. The third-order valence-electron chi connectivity index (χ3n) is 3.09. The Hall–Kier alpha value is -0.500. The topological polar surface area (TPSA) is 43.1 Å². The lowest BCUT2D eigenvalue weighted by molar-refractivity contribution is -0.127. The molecule has 2 rings (SSSR count). The van der Waals surface area contributed by atoms with E-state index in [2.05, 4.69) is 0 Å². The molecule has 2 aliphatic carbocycles. The highest BCUT2D eigenvalue weighted by molar-refractivity contribution is 6.47. The quantitative estimate of drug-likeness (QED) is 0.627. The van der Waals surface area contributed by atoms with Gasteiger partial charge in [0.2, 0.25) is 0 Å². The van der Waals surface area contributed by atoms with E-state index in [4.69, 9.17) is 17.3 Å². The number of allylic oxidation sites excluding steroid dienone is 2. The van der Waals surface area contributed by atoms with Crippen LogP contribution in [0.1, 0.15) is 32.1 Å². The van der Waals surface area contributed by atoms with Crippen LogP contribution < -0.4 is 5.73 Å². The van der Waals surface area contributed by atoms with Crippen molar-refractivity contribution in [2.45, 2.75) is 32.1 Å². The summed E-state index contributed by atoms with van der Waals surface area (Å²) in [4.78, 5) is 11.5. The van der Waals surface area contributed by atoms with Crippen molar-refractivity contribution >= 4 is 17.4 Å². The normalized spacial score (nSPS) is 27.6. The van der Waals surface area contributed by atoms with Gasteiger partial charge >= 0.3 is 0 Å². The summed E-state index contributed by atoms with van der Waals surface area (Å²) in [6.07, 6.45) is 5.26. The number of rotatable bonds is 0. The number of Topliss-reactive ketones (excluding diaryl/α,β-unsaturated/α-hetero) is 1. The molecule has 0 unspecified atom stereocenters. The lowest BCUT2D eigenvalue weighted by Crippen LogP contribution is -2.47. The van der Waals surface area contributed by atoms with Crippen molar-refractivity contribution in [2.24, 2.45) is 11.1 Å². The first-order chi connectivity index (χ1) is 5.68. The number of hydrogen-bond donors (Lipinski definition) is 1. The van der Waals surface area contributed by atoms with Gasteiger partial charge in [-0.15, -0.1) is 0 Å². The molecule has 1 spiro atoms. The third kappa shape index (κ3) is 0.789. The molecule has 0 aromatic rings. The summed E-state index contributed by atoms with van der Waals surface area (Å²) >= 11 is 5.68. The fraction of sp³-hybridized carbons (Fsp3) is 0.667. The SMILES string of the molecule is NC1=C(Cl)C(=O)C12CCCCC2. The Morgan fingerprint density at radius 1 is 1.25 bits per heavy atom. The fourth-order valence-electron chi connectivity index (χ4n) is 2.25. The zero-order chi connectivity index (χ0) is 8.77. The molecule has 0 atom stereocenters. The van der Waals surface area contributed by atoms with E-state index < -0.39 is 0 Å². The summed E-state index contributed by atoms with van der Waals surface area (Å²) < 4.78 is 0. The molecular formula is C9H12ClNO. The molecule has 0 amide bonds. The number of nitrogens with two attached hydrogens (primary N) is 1. The van der Waals surface area contributed by atoms with Crippen molar-refractivity contribution in [3.63, 3.8) is 0 Å². The molecule has 0 aliphatic heterocycles. The Bertz CT molecular complexity index is 264. The fourth-order valence-corrected chi connectivity index (χ4v) is 2.62. The van der Waals surface area contributed by atoms with Crippen LogP contribution in [-0.4, -0.2) is 5.78 Å². The minimum Gasteiger partial charge on any atom is -0.400 e. The van der Waals surface area contributed by atoms with Crippen LogP contribution in [0.2, 0.25) is 0 Å². The highest BCUT2D eigenvalue weighted by atomic mass is 35.5. The van der Waals surface area contributed by atoms with Crippen molar-refractivity contribution in [3.8, 4) is 0 Å². The molecule has 0 aromatic heterocycles. The second kappa shape index (κ2) is 2.49. The second-order valence-electron chi connectivity index (χ2n) is 3.70. The summed E-state index contributed by atoms with van der Waals surface area (Å²) in [6, 6.07) is 0. The number of carbonyl (C=O) groups excluding carboxylic acids is 1. The van der Waals surface area contributed by atoms with E-state index in [1.807, 2.05) is 0 Å². The van der Waals surface area contributed by atoms with E-state index in [1.165, 1.54) is 6.42 Å². The lowest BCUT2D eigenvalue weighted by Gasteiger charge is -2.42. The first-order valence-corrected chi connectivity index (χ1v) is 4.77. The molecule has 2 aliphatic rings. The molecule has 0 aromatic carbocycles. The molecule has 1 fully saturated rings. The Morgan fingerprint density at radius 2 is 1.83 bits per heavy atom. The van der Waals surface area contributed by atoms with Gasteiger partial charge in [-0.05, 0) is 12.8 Å². The number of hydrogen-bond acceptors (Lipinski definition) is 2. The lowest BCUT2D eigenvalue weighted by atomic mass is 9.62. The Labute approximate surface area is 76.8 Å². The summed E-state index contributed by atoms with van der Waals surface area (Å²) in [5.74, 6) is 0.0846. The zero-order valence-corrected chi connectivity index (χ0v) is 7.66. The van der Waals surface area contributed by atoms with Gasteiger partial charge in [0.25, 0.3) is 0 Å². The van der Waals surface area contributed by atoms with Crippen LogP contribution in [0.15, 0.2) is 10.7 Å². The Morgan fingerprint density at radius 3 is 2.33 bits per heavy atom. The third-order valence-corrected chi connectivity index (χ3v) is 3.47. The maximum atomic E-state index is 11.5. The number of carbonyl (C=O) groups is 1. The van der Waals surface area contributed by atoms with E-state index >= 15 is 0 Å². The van der Waals surface area contributed by atoms with Crippen LogP contribution in [0.25, 0.3) is 0 Å². The van der Waals surface area contributed by atoms with Gasteiger partial charge in [-0.1, -0.05) is 30.9 Å². The molecule has 2 N–H and O–H groups in total. The molecule has 2 nitrogen and oxygen atoms in total. The van der Waals surface area contributed by atoms with Crippen LogP contribution >= 0.6 is 11.6 Å². The molecule has 12 heavy (non-hydrogen) atoms. The average molecular weight is 186 g/mol. The molecule has 3 heteroatoms. The predicted molar refractivity (Wildman–Crippen MR) is 47.6 cm³/mol. The number of ketones is 1. The summed E-state index contributed by atoms with van der Waals surface area (Å²) in [6.45, 7) is 0. The highest BCUT2D eigenvalue weighted by Crippen LogP contribution is 2.51. The molecule has 0 bridgehead atoms. The average Bonchev–Trinajstić information content (AvgIpc) is 2.16. The van der Waals surface area contributed by atoms with Gasteiger partial charge in [0.1, 0.15) is 5.03 Å². The van der Waals surface area contributed by atoms with Crippen molar-refractivity contribution in [3.05, 3.63) is 10.7 Å². The van der Waals surface area contributed by atoms with E-state index in [1.54, 1.807) is 0 Å². The predicted octanol–water partition coefficient (Wildman–Crippen LogP) is 1.93. The zero-order valence-electron chi connectivity index (χ0n) is 6.90. The Kier molecular flexibility index (Phi) is 1.69. The van der Waals surface area contributed by atoms with Crippen molar-refractivity contribution < 1.29 is 4.79 Å². The van der Waals surface area contributed by atoms with Gasteiger partial charge in [-0.25, -0.2) is 0 Å². The minimum atomic E-state index is -0.324. The van der Waals surface area contributed by atoms with E-state index in [0.717, 1.165) is 25.7 Å². The van der Waals surface area contributed by atoms with E-state index in [9.17, 15) is 4.79 Å². The highest BCUT2D eigenvalue weighted by Gasteiger charge is 2.51. The van der Waals surface area contributed by atoms with Gasteiger partial charge in [0.15, 0.2) is 5.78 Å². The molecule has 0 radical (unpaired) electrons. The van der Waals surface area contributed by atoms with Crippen molar-refractivity contribution in [1.82, 2.24) is 0 Å². The minimum absolute atomic E-state index is 0.0846. The van der Waals surface area contributed by atoms with Crippen molar-refractivity contribution in [2.75, 3.05) is 0 Å². The monoisotopic (exact) mass is 185 g/mol. The van der Waals surface area contributed by atoms with Gasteiger partial charge < -0.3 is 5.73 Å². The van der Waals surface area contributed by atoms with Crippen LogP contribution in [0.5, 0.6) is 0 Å². The summed E-state index contributed by atoms with van der Waals surface area (Å²) in [7, 11) is 0. The molecule has 66 valence electrons. The second-order valence-corrected chi connectivity index (χ2v) is 4.08. The standard InChI is InChI=1S/C9H12ClNO/c10-6-7(11)9(8(6)12)4-2-1-3-5-9/h1-5,11H2. The smallest absolute Gasteiger partial charge is 0.188 e. The van der Waals surface area contributed by atoms with Gasteiger partial charge in [-0.2, -0.15) is 0 Å². The van der Waals surface area contributed by atoms with Crippen LogP contribution in [0.3, 0.4) is 0 Å². The van der Waals surface area contributed by atoms with Crippen molar-refractivity contribution in [1.29, 1.82) is 0 Å². The largest absolute Gasteiger partial charge is 0.400 e. The maximum absolute atomic E-state index is 11.5. The van der Waals surface area contributed by atoms with Gasteiger partial charge in [0, 0.05) is 5.70 Å². The Balaban J connectivity index is 2.29. The summed E-state index contributed by atoms with van der Waals surface area (Å²) in [5.41, 5.74) is 6.07. The van der Waals surface area contributed by atoms with Gasteiger partial charge in [0.05, 0.1) is 5.41 Å². The van der Waals surface area contributed by atoms with Gasteiger partial charge in [-0.3, -0.25) is 4.79 Å². The van der Waals surface area contributed by atoms with E-state index in [-0.39, 0.29) is 16.2 Å². The molecule has 1 saturated carbocycles. The maximum Gasteiger partial charge on any atom is 0.188 e. The summed E-state index contributed by atoms with van der Waals surface area (Å²) in [5, 5.41) is 0.289.